The van der Waals surface area contributed by atoms with Crippen LogP contribution in [0, 0.1) is 0 Å². The van der Waals surface area contributed by atoms with Crippen molar-refractivity contribution < 1.29 is 0 Å². The van der Waals surface area contributed by atoms with Gasteiger partial charge in [0.2, 0.25) is 0 Å². The van der Waals surface area contributed by atoms with E-state index in [0.29, 0.717) is 17.6 Å². The fraction of sp³-hybridized carbons (Fsp3) is 0.143. The first kappa shape index (κ1) is 16.4. The van der Waals surface area contributed by atoms with Crippen molar-refractivity contribution in [1.29, 1.82) is 0 Å². The van der Waals surface area contributed by atoms with Gasteiger partial charge in [0, 0.05) is 39.6 Å². The molecule has 2 aromatic carbocycles. The van der Waals surface area contributed by atoms with Gasteiger partial charge in [0.05, 0.1) is 6.21 Å². The summed E-state index contributed by atoms with van der Waals surface area (Å²) in [5.74, 6) is 0.350. The van der Waals surface area contributed by atoms with Gasteiger partial charge in [-0.05, 0) is 26.0 Å². The zero-order valence-electron chi connectivity index (χ0n) is 15.6. The van der Waals surface area contributed by atoms with E-state index in [1.807, 2.05) is 30.3 Å². The van der Waals surface area contributed by atoms with Gasteiger partial charge in [-0.15, -0.1) is 10.2 Å². The van der Waals surface area contributed by atoms with Crippen LogP contribution >= 0.6 is 0 Å². The molecule has 28 heavy (non-hydrogen) atoms. The van der Waals surface area contributed by atoms with Crippen LogP contribution in [0.15, 0.2) is 59.8 Å². The number of para-hydroxylation sites is 2. The summed E-state index contributed by atoms with van der Waals surface area (Å²) in [5, 5.41) is 14.9. The Labute approximate surface area is 161 Å². The predicted octanol–water partition coefficient (Wildman–Crippen LogP) is 4.49. The van der Waals surface area contributed by atoms with E-state index >= 15 is 0 Å². The Balaban J connectivity index is 1.45. The summed E-state index contributed by atoms with van der Waals surface area (Å²) < 4.78 is 2.24. The fourth-order valence-corrected chi connectivity index (χ4v) is 3.49. The van der Waals surface area contributed by atoms with Crippen LogP contribution < -0.4 is 5.43 Å². The summed E-state index contributed by atoms with van der Waals surface area (Å²) in [4.78, 5) is 7.74. The fourth-order valence-electron chi connectivity index (χ4n) is 3.49. The van der Waals surface area contributed by atoms with Gasteiger partial charge < -0.3 is 9.55 Å². The molecule has 5 aromatic rings. The molecule has 138 valence electrons. The predicted molar refractivity (Wildman–Crippen MR) is 113 cm³/mol. The number of nitrogens with zero attached hydrogens (tertiary/aromatic N) is 5. The third-order valence-corrected chi connectivity index (χ3v) is 4.82. The van der Waals surface area contributed by atoms with Gasteiger partial charge in [0.15, 0.2) is 5.65 Å². The number of aromatic amines is 1. The average Bonchev–Trinajstić information content (AvgIpc) is 3.26. The lowest BCUT2D eigenvalue weighted by Gasteiger charge is -2.08. The largest absolute Gasteiger partial charge is 0.344 e. The number of benzene rings is 2. The van der Waals surface area contributed by atoms with Gasteiger partial charge >= 0.3 is 0 Å². The van der Waals surface area contributed by atoms with Crippen LogP contribution in [-0.2, 0) is 0 Å². The number of hydrogen-bond acceptors (Lipinski definition) is 5. The molecule has 0 atom stereocenters. The molecule has 0 spiro atoms. The number of fused-ring (bicyclic) bond motifs is 4. The SMILES string of the molecule is CC(C)n1cc(C=NNc2nnc3c(n2)[nH]c2ccccc23)c2ccccc21. The third-order valence-electron chi connectivity index (χ3n) is 4.82. The van der Waals surface area contributed by atoms with E-state index in [1.54, 1.807) is 6.21 Å². The minimum absolute atomic E-state index is 0.350. The second-order valence-corrected chi connectivity index (χ2v) is 6.98. The van der Waals surface area contributed by atoms with E-state index in [2.05, 4.69) is 73.5 Å². The van der Waals surface area contributed by atoms with E-state index in [4.69, 9.17) is 0 Å². The number of anilines is 1. The molecule has 0 saturated heterocycles. The molecule has 0 radical (unpaired) electrons. The Morgan fingerprint density at radius 1 is 1.04 bits per heavy atom. The summed E-state index contributed by atoms with van der Waals surface area (Å²) in [6.45, 7) is 4.33. The van der Waals surface area contributed by atoms with Crippen LogP contribution in [0.3, 0.4) is 0 Å². The first-order valence-corrected chi connectivity index (χ1v) is 9.20. The van der Waals surface area contributed by atoms with Crippen molar-refractivity contribution in [3.05, 3.63) is 60.3 Å². The summed E-state index contributed by atoms with van der Waals surface area (Å²) >= 11 is 0. The molecule has 0 amide bonds. The highest BCUT2D eigenvalue weighted by Crippen LogP contribution is 2.24. The molecule has 0 aliphatic carbocycles. The lowest BCUT2D eigenvalue weighted by molar-refractivity contribution is 0.623. The maximum absolute atomic E-state index is 4.48. The maximum atomic E-state index is 4.48. The van der Waals surface area contributed by atoms with Crippen LogP contribution in [0.25, 0.3) is 33.0 Å². The first-order chi connectivity index (χ1) is 13.7. The average molecular weight is 369 g/mol. The quantitative estimate of drug-likeness (QED) is 0.361. The van der Waals surface area contributed by atoms with Gasteiger partial charge in [-0.2, -0.15) is 10.1 Å². The first-order valence-electron chi connectivity index (χ1n) is 9.20. The van der Waals surface area contributed by atoms with Crippen molar-refractivity contribution in [2.75, 3.05) is 5.43 Å². The van der Waals surface area contributed by atoms with Gasteiger partial charge in [-0.3, -0.25) is 0 Å². The van der Waals surface area contributed by atoms with E-state index in [9.17, 15) is 0 Å². The number of aromatic nitrogens is 5. The highest BCUT2D eigenvalue weighted by atomic mass is 15.4. The van der Waals surface area contributed by atoms with Crippen molar-refractivity contribution in [3.63, 3.8) is 0 Å². The molecule has 0 aliphatic heterocycles. The highest BCUT2D eigenvalue weighted by molar-refractivity contribution is 6.03. The Morgan fingerprint density at radius 2 is 1.82 bits per heavy atom. The summed E-state index contributed by atoms with van der Waals surface area (Å²) in [6, 6.07) is 16.6. The number of hydrogen-bond donors (Lipinski definition) is 2. The van der Waals surface area contributed by atoms with Crippen molar-refractivity contribution in [3.8, 4) is 0 Å². The maximum Gasteiger partial charge on any atom is 0.265 e. The van der Waals surface area contributed by atoms with Crippen LogP contribution in [-0.4, -0.2) is 30.9 Å². The molecule has 7 heteroatoms. The minimum atomic E-state index is 0.350. The summed E-state index contributed by atoms with van der Waals surface area (Å²) in [5.41, 5.74) is 7.55. The van der Waals surface area contributed by atoms with Gasteiger partial charge in [-0.25, -0.2) is 5.43 Å². The van der Waals surface area contributed by atoms with Crippen LogP contribution in [0.4, 0.5) is 5.95 Å². The number of hydrazone groups is 1. The molecule has 2 N–H and O–H groups in total. The molecular weight excluding hydrogens is 350 g/mol. The molecular formula is C21H19N7. The van der Waals surface area contributed by atoms with Crippen LogP contribution in [0.2, 0.25) is 0 Å². The van der Waals surface area contributed by atoms with Crippen molar-refractivity contribution in [2.45, 2.75) is 19.9 Å². The molecule has 7 nitrogen and oxygen atoms in total. The molecule has 0 aliphatic rings. The molecule has 0 fully saturated rings. The minimum Gasteiger partial charge on any atom is -0.344 e. The van der Waals surface area contributed by atoms with E-state index in [0.717, 1.165) is 27.4 Å². The monoisotopic (exact) mass is 369 g/mol. The normalized spacial score (nSPS) is 12.1. The Morgan fingerprint density at radius 3 is 2.68 bits per heavy atom. The van der Waals surface area contributed by atoms with E-state index in [-0.39, 0.29) is 0 Å². The van der Waals surface area contributed by atoms with E-state index in [1.165, 1.54) is 5.52 Å². The Bertz CT molecular complexity index is 1330. The van der Waals surface area contributed by atoms with Crippen LogP contribution in [0.1, 0.15) is 25.5 Å². The number of nitrogens with one attached hydrogen (secondary N) is 2. The van der Waals surface area contributed by atoms with Crippen molar-refractivity contribution in [1.82, 2.24) is 24.7 Å². The molecule has 5 rings (SSSR count). The molecule has 0 unspecified atom stereocenters. The second kappa shape index (κ2) is 6.45. The molecule has 0 bridgehead atoms. The zero-order chi connectivity index (χ0) is 19.1. The Kier molecular flexibility index (Phi) is 3.79. The smallest absolute Gasteiger partial charge is 0.265 e. The number of H-pyrrole nitrogens is 1. The third kappa shape index (κ3) is 2.68. The highest BCUT2D eigenvalue weighted by Gasteiger charge is 2.10. The van der Waals surface area contributed by atoms with Crippen LogP contribution in [0.5, 0.6) is 0 Å². The van der Waals surface area contributed by atoms with Gasteiger partial charge in [0.1, 0.15) is 5.52 Å². The molecule has 3 heterocycles. The van der Waals surface area contributed by atoms with Gasteiger partial charge in [0.25, 0.3) is 5.95 Å². The molecule has 0 saturated carbocycles. The van der Waals surface area contributed by atoms with Gasteiger partial charge in [-0.1, -0.05) is 36.4 Å². The lowest BCUT2D eigenvalue weighted by atomic mass is 10.2. The van der Waals surface area contributed by atoms with Crippen molar-refractivity contribution >= 4 is 45.1 Å². The summed E-state index contributed by atoms with van der Waals surface area (Å²) in [6.07, 6.45) is 3.90. The Hall–Kier alpha value is -3.74. The van der Waals surface area contributed by atoms with E-state index < -0.39 is 0 Å². The molecule has 3 aromatic heterocycles. The lowest BCUT2D eigenvalue weighted by Crippen LogP contribution is -1.99. The standard InChI is InChI=1S/C21H19N7/c1-13(2)28-12-14(15-7-4-6-10-18(15)28)11-22-26-21-24-20-19(25-27-21)16-8-3-5-9-17(16)23-20/h3-13H,1-2H3,(H2,23,24,26,27). The van der Waals surface area contributed by atoms with Crippen molar-refractivity contribution in [2.24, 2.45) is 5.10 Å². The summed E-state index contributed by atoms with van der Waals surface area (Å²) in [7, 11) is 0. The second-order valence-electron chi connectivity index (χ2n) is 6.98. The number of rotatable bonds is 4. The zero-order valence-corrected chi connectivity index (χ0v) is 15.6. The topological polar surface area (TPSA) is 83.8 Å².